The number of carbonyl (C=O) groups is 3. The number of ketones is 1. The number of aliphatic imine (C=N–C) groups is 1. The second kappa shape index (κ2) is 15.5. The maximum absolute atomic E-state index is 13.5. The Labute approximate surface area is 242 Å². The minimum atomic E-state index is -3.87. The van der Waals surface area contributed by atoms with E-state index in [-0.39, 0.29) is 68.1 Å². The normalized spacial score (nSPS) is 16.8. The molecule has 1 fully saturated rings. The van der Waals surface area contributed by atoms with Crippen LogP contribution in [0.2, 0.25) is 0 Å². The van der Waals surface area contributed by atoms with Gasteiger partial charge < -0.3 is 21.7 Å². The van der Waals surface area contributed by atoms with Crippen molar-refractivity contribution in [2.24, 2.45) is 16.5 Å². The summed E-state index contributed by atoms with van der Waals surface area (Å²) < 4.78 is 27.8. The molecule has 2 aromatic rings. The zero-order valence-electron chi connectivity index (χ0n) is 22.7. The zero-order valence-corrected chi connectivity index (χ0v) is 24.3. The number of nitrogens with two attached hydrogens (primary N) is 2. The number of guanidine groups is 1. The summed E-state index contributed by atoms with van der Waals surface area (Å²) in [7, 11) is -2.56. The maximum Gasteiger partial charge on any atom is 0.241 e. The summed E-state index contributed by atoms with van der Waals surface area (Å²) in [5.41, 5.74) is 11.3. The van der Waals surface area contributed by atoms with Crippen LogP contribution in [0.3, 0.4) is 0 Å². The highest BCUT2D eigenvalue weighted by Gasteiger charge is 2.41. The van der Waals surface area contributed by atoms with E-state index in [1.165, 1.54) is 18.2 Å². The molecule has 16 heteroatoms. The van der Waals surface area contributed by atoms with Crippen molar-refractivity contribution in [3.8, 4) is 0 Å². The van der Waals surface area contributed by atoms with E-state index >= 15 is 0 Å². The molecule has 2 amide bonds. The van der Waals surface area contributed by atoms with Crippen molar-refractivity contribution in [1.29, 1.82) is 0 Å². The van der Waals surface area contributed by atoms with E-state index < -0.39 is 33.9 Å². The molecule has 2 heterocycles. The predicted octanol–water partition coefficient (Wildman–Crippen LogP) is -0.125. The maximum atomic E-state index is 13.5. The first-order chi connectivity index (χ1) is 19.6. The number of Topliss-reactive ketones (excluding diaryl/α,β-unsaturated/α-hetero) is 1. The molecule has 1 aromatic heterocycles. The quantitative estimate of drug-likeness (QED) is 0.0575. The number of sulfonamides is 1. The molecular formula is C25H35N7O7S2. The van der Waals surface area contributed by atoms with Crippen molar-refractivity contribution in [2.45, 2.75) is 37.1 Å². The van der Waals surface area contributed by atoms with Crippen LogP contribution in [0.5, 0.6) is 0 Å². The molecule has 14 nitrogen and oxygen atoms in total. The van der Waals surface area contributed by atoms with Crippen molar-refractivity contribution in [3.05, 3.63) is 52.5 Å². The summed E-state index contributed by atoms with van der Waals surface area (Å²) >= 11 is 1.15. The number of rotatable bonds is 16. The van der Waals surface area contributed by atoms with E-state index in [2.05, 4.69) is 20.2 Å². The molecule has 224 valence electrons. The van der Waals surface area contributed by atoms with Gasteiger partial charge in [0, 0.05) is 31.2 Å². The first-order valence-electron chi connectivity index (χ1n) is 12.9. The average Bonchev–Trinajstić information content (AvgIpc) is 3.47. The Bertz CT molecular complexity index is 1290. The summed E-state index contributed by atoms with van der Waals surface area (Å²) in [5, 5.41) is 4.59. The number of carbonyl (C=O) groups excluding carboxylic acids is 3. The lowest BCUT2D eigenvalue weighted by Gasteiger charge is -2.39. The van der Waals surface area contributed by atoms with E-state index in [4.69, 9.17) is 16.4 Å². The fraction of sp³-hybridized carbons (Fsp3) is 0.480. The Hall–Kier alpha value is -3.44. The molecule has 0 saturated carbocycles. The van der Waals surface area contributed by atoms with Crippen LogP contribution in [0, 0.1) is 0 Å². The number of nitrogens with zero attached hydrogens (tertiary/aromatic N) is 4. The third-order valence-electron chi connectivity index (χ3n) is 6.25. The molecular weight excluding hydrogens is 574 g/mol. The average molecular weight is 610 g/mol. The van der Waals surface area contributed by atoms with Crippen LogP contribution in [0.1, 0.15) is 34.6 Å². The van der Waals surface area contributed by atoms with Crippen LogP contribution in [-0.2, 0) is 35.1 Å². The summed E-state index contributed by atoms with van der Waals surface area (Å²) in [5.74, 6) is -1.83. The minimum Gasteiger partial charge on any atom is -0.370 e. The van der Waals surface area contributed by atoms with Crippen LogP contribution in [0.25, 0.3) is 0 Å². The lowest BCUT2D eigenvalue weighted by atomic mass is 10.1. The van der Waals surface area contributed by atoms with E-state index in [9.17, 15) is 22.8 Å². The lowest BCUT2D eigenvalue weighted by molar-refractivity contribution is -0.273. The fourth-order valence-corrected chi connectivity index (χ4v) is 6.72. The third kappa shape index (κ3) is 9.57. The standard InChI is InChI=1S/C25H35N7O7S2/c1-38-39-14-9-20-24(35)31(12-13-32(20)41(36,37)17-18-6-3-2-4-7-18)16-21(33)30-19(8-5-10-29-25(26)27)22(34)23-28-11-15-40-23/h2-4,6-7,11,15,19-20H,5,8-10,12-14,16-17H2,1H3,(H,30,33)(H4,26,27,29)/t19-,20-/m0/s1. The van der Waals surface area contributed by atoms with Crippen molar-refractivity contribution in [3.63, 3.8) is 0 Å². The van der Waals surface area contributed by atoms with Crippen LogP contribution >= 0.6 is 11.3 Å². The van der Waals surface area contributed by atoms with Crippen LogP contribution in [0.4, 0.5) is 0 Å². The summed E-state index contributed by atoms with van der Waals surface area (Å²) in [4.78, 5) is 58.3. The molecule has 1 aliphatic rings. The topological polar surface area (TPSA) is 200 Å². The van der Waals surface area contributed by atoms with E-state index in [1.807, 2.05) is 0 Å². The summed E-state index contributed by atoms with van der Waals surface area (Å²) in [6.07, 6.45) is 2.18. The Morgan fingerprint density at radius 3 is 2.66 bits per heavy atom. The molecule has 0 radical (unpaired) electrons. The number of thiazole rings is 1. The van der Waals surface area contributed by atoms with E-state index in [1.54, 1.807) is 35.7 Å². The number of amides is 2. The van der Waals surface area contributed by atoms with Gasteiger partial charge in [0.1, 0.15) is 6.04 Å². The smallest absolute Gasteiger partial charge is 0.241 e. The highest BCUT2D eigenvalue weighted by Crippen LogP contribution is 2.22. The van der Waals surface area contributed by atoms with Gasteiger partial charge in [-0.25, -0.2) is 23.2 Å². The molecule has 3 rings (SSSR count). The number of aromatic nitrogens is 1. The summed E-state index contributed by atoms with van der Waals surface area (Å²) in [6, 6.07) is 6.67. The lowest BCUT2D eigenvalue weighted by Crippen LogP contribution is -2.60. The Morgan fingerprint density at radius 1 is 1.24 bits per heavy atom. The molecule has 41 heavy (non-hydrogen) atoms. The predicted molar refractivity (Wildman–Crippen MR) is 152 cm³/mol. The molecule has 0 unspecified atom stereocenters. The van der Waals surface area contributed by atoms with Gasteiger partial charge in [0.2, 0.25) is 27.6 Å². The highest BCUT2D eigenvalue weighted by atomic mass is 32.2. The molecule has 2 atom stereocenters. The molecule has 1 aromatic carbocycles. The van der Waals surface area contributed by atoms with E-state index in [0.717, 1.165) is 15.6 Å². The van der Waals surface area contributed by atoms with Gasteiger partial charge in [0.25, 0.3) is 0 Å². The Morgan fingerprint density at radius 2 is 2.00 bits per heavy atom. The SMILES string of the molecule is COOCC[C@H]1C(=O)N(CC(=O)N[C@@H](CCCN=C(N)N)C(=O)c2nccs2)CCN1S(=O)(=O)Cc1ccccc1. The largest absolute Gasteiger partial charge is 0.370 e. The number of piperazine rings is 1. The van der Waals surface area contributed by atoms with Crippen molar-refractivity contribution in [2.75, 3.05) is 39.9 Å². The summed E-state index contributed by atoms with van der Waals surface area (Å²) in [6.45, 7) is -0.140. The van der Waals surface area contributed by atoms with Crippen LogP contribution in [-0.4, -0.2) is 98.1 Å². The fourth-order valence-electron chi connectivity index (χ4n) is 4.37. The molecule has 1 saturated heterocycles. The second-order valence-corrected chi connectivity index (χ2v) is 12.0. The van der Waals surface area contributed by atoms with Crippen LogP contribution in [0.15, 0.2) is 46.9 Å². The van der Waals surface area contributed by atoms with Gasteiger partial charge in [-0.2, -0.15) is 4.31 Å². The molecule has 0 aliphatic carbocycles. The molecule has 1 aliphatic heterocycles. The first kappa shape index (κ1) is 32.1. The number of hydrogen-bond donors (Lipinski definition) is 3. The van der Waals surface area contributed by atoms with Gasteiger partial charge in [0.15, 0.2) is 11.0 Å². The van der Waals surface area contributed by atoms with Crippen LogP contribution < -0.4 is 16.8 Å². The van der Waals surface area contributed by atoms with Gasteiger partial charge in [-0.1, -0.05) is 30.3 Å². The van der Waals surface area contributed by atoms with Gasteiger partial charge in [-0.3, -0.25) is 19.4 Å². The van der Waals surface area contributed by atoms with Crippen molar-refractivity contribution < 1.29 is 32.6 Å². The molecule has 0 spiro atoms. The third-order valence-corrected chi connectivity index (χ3v) is 8.89. The van der Waals surface area contributed by atoms with Gasteiger partial charge in [-0.15, -0.1) is 11.3 Å². The van der Waals surface area contributed by atoms with Gasteiger partial charge in [-0.05, 0) is 24.8 Å². The monoisotopic (exact) mass is 609 g/mol. The Kier molecular flexibility index (Phi) is 12.2. The van der Waals surface area contributed by atoms with E-state index in [0.29, 0.717) is 12.0 Å². The van der Waals surface area contributed by atoms with Crippen molar-refractivity contribution >= 4 is 44.9 Å². The highest BCUT2D eigenvalue weighted by molar-refractivity contribution is 7.88. The second-order valence-electron chi connectivity index (χ2n) is 9.18. The van der Waals surface area contributed by atoms with Crippen molar-refractivity contribution in [1.82, 2.24) is 19.5 Å². The first-order valence-corrected chi connectivity index (χ1v) is 15.4. The number of benzene rings is 1. The van der Waals surface area contributed by atoms with Gasteiger partial charge in [0.05, 0.1) is 32.1 Å². The minimum absolute atomic E-state index is 0.00249. The number of hydrogen-bond acceptors (Lipinski definition) is 10. The van der Waals surface area contributed by atoms with Gasteiger partial charge >= 0.3 is 0 Å². The zero-order chi connectivity index (χ0) is 29.8. The Balaban J connectivity index is 1.70. The number of nitrogens with one attached hydrogen (secondary N) is 1. The molecule has 0 bridgehead atoms. The molecule has 5 N–H and O–H groups in total.